The number of hydrogen-bond donors (Lipinski definition) is 0. The molecule has 22 heavy (non-hydrogen) atoms. The van der Waals surface area contributed by atoms with Gasteiger partial charge in [-0.3, -0.25) is 4.68 Å². The lowest BCUT2D eigenvalue weighted by Gasteiger charge is -2.49. The van der Waals surface area contributed by atoms with Crippen molar-refractivity contribution in [3.8, 4) is 0 Å². The molecule has 0 unspecified atom stereocenters. The van der Waals surface area contributed by atoms with Gasteiger partial charge in [-0.2, -0.15) is 5.10 Å². The SMILES string of the molecule is CCC1(OCc2cnn(C)c2Br)CN(C(=O)OC(C)(C)C)C1. The van der Waals surface area contributed by atoms with E-state index in [1.165, 1.54) is 0 Å². The molecule has 1 aromatic rings. The van der Waals surface area contributed by atoms with Crippen LogP contribution < -0.4 is 0 Å². The molecule has 2 heterocycles. The van der Waals surface area contributed by atoms with Crippen LogP contribution in [0.5, 0.6) is 0 Å². The van der Waals surface area contributed by atoms with Crippen molar-refractivity contribution in [3.05, 3.63) is 16.4 Å². The summed E-state index contributed by atoms with van der Waals surface area (Å²) in [5.74, 6) is 0. The molecule has 0 spiro atoms. The summed E-state index contributed by atoms with van der Waals surface area (Å²) in [7, 11) is 1.87. The maximum Gasteiger partial charge on any atom is 0.410 e. The minimum atomic E-state index is -0.469. The van der Waals surface area contributed by atoms with E-state index in [4.69, 9.17) is 9.47 Å². The number of amides is 1. The van der Waals surface area contributed by atoms with Crippen molar-refractivity contribution >= 4 is 22.0 Å². The molecule has 0 N–H and O–H groups in total. The Kier molecular flexibility index (Phi) is 4.87. The first kappa shape index (κ1) is 17.3. The van der Waals surface area contributed by atoms with Gasteiger partial charge < -0.3 is 14.4 Å². The molecule has 0 saturated carbocycles. The second kappa shape index (κ2) is 6.20. The Bertz CT molecular complexity index is 545. The number of ether oxygens (including phenoxy) is 2. The summed E-state index contributed by atoms with van der Waals surface area (Å²) in [6, 6.07) is 0. The van der Waals surface area contributed by atoms with Crippen LogP contribution >= 0.6 is 15.9 Å². The van der Waals surface area contributed by atoms with Gasteiger partial charge in [-0.25, -0.2) is 4.79 Å². The molecule has 1 aromatic heterocycles. The normalized spacial score (nSPS) is 17.3. The number of likely N-dealkylation sites (tertiary alicyclic amines) is 1. The molecule has 1 amide bonds. The molecule has 1 fully saturated rings. The van der Waals surface area contributed by atoms with Gasteiger partial charge in [0.05, 0.1) is 25.9 Å². The summed E-state index contributed by atoms with van der Waals surface area (Å²) < 4.78 is 14.1. The van der Waals surface area contributed by atoms with Gasteiger partial charge in [0.15, 0.2) is 0 Å². The first-order chi connectivity index (χ1) is 10.2. The zero-order chi connectivity index (χ0) is 16.5. The van der Waals surface area contributed by atoms with Crippen LogP contribution in [0.3, 0.4) is 0 Å². The van der Waals surface area contributed by atoms with Crippen LogP contribution in [-0.4, -0.2) is 45.1 Å². The second-order valence-electron chi connectivity index (χ2n) is 6.75. The molecular weight excluding hydrogens is 350 g/mol. The zero-order valence-corrected chi connectivity index (χ0v) is 15.4. The van der Waals surface area contributed by atoms with E-state index in [-0.39, 0.29) is 11.7 Å². The van der Waals surface area contributed by atoms with Crippen LogP contribution in [0, 0.1) is 0 Å². The van der Waals surface area contributed by atoms with Gasteiger partial charge in [-0.15, -0.1) is 0 Å². The summed E-state index contributed by atoms with van der Waals surface area (Å²) in [5, 5.41) is 4.18. The largest absolute Gasteiger partial charge is 0.444 e. The molecule has 6 nitrogen and oxygen atoms in total. The van der Waals surface area contributed by atoms with Gasteiger partial charge in [-0.05, 0) is 43.1 Å². The lowest BCUT2D eigenvalue weighted by Crippen LogP contribution is -2.64. The van der Waals surface area contributed by atoms with Crippen molar-refractivity contribution in [1.29, 1.82) is 0 Å². The maximum atomic E-state index is 12.0. The van der Waals surface area contributed by atoms with E-state index in [1.807, 2.05) is 27.8 Å². The van der Waals surface area contributed by atoms with E-state index in [9.17, 15) is 4.79 Å². The van der Waals surface area contributed by atoms with E-state index in [1.54, 1.807) is 15.8 Å². The van der Waals surface area contributed by atoms with Gasteiger partial charge in [0, 0.05) is 12.6 Å². The minimum absolute atomic E-state index is 0.275. The third-order valence-corrected chi connectivity index (χ3v) is 4.75. The molecular formula is C15H24BrN3O3. The topological polar surface area (TPSA) is 56.6 Å². The Morgan fingerprint density at radius 1 is 1.45 bits per heavy atom. The Balaban J connectivity index is 1.88. The number of aryl methyl sites for hydroxylation is 1. The number of hydrogen-bond acceptors (Lipinski definition) is 4. The van der Waals surface area contributed by atoms with E-state index >= 15 is 0 Å². The highest BCUT2D eigenvalue weighted by Crippen LogP contribution is 2.31. The molecule has 0 atom stereocenters. The van der Waals surface area contributed by atoms with Crippen molar-refractivity contribution < 1.29 is 14.3 Å². The summed E-state index contributed by atoms with van der Waals surface area (Å²) in [5.41, 5.74) is 0.251. The van der Waals surface area contributed by atoms with E-state index in [0.29, 0.717) is 19.7 Å². The molecule has 0 aromatic carbocycles. The highest BCUT2D eigenvalue weighted by atomic mass is 79.9. The van der Waals surface area contributed by atoms with Crippen molar-refractivity contribution in [3.63, 3.8) is 0 Å². The number of carbonyl (C=O) groups excluding carboxylic acids is 1. The predicted octanol–water partition coefficient (Wildman–Crippen LogP) is 3.10. The zero-order valence-electron chi connectivity index (χ0n) is 13.9. The monoisotopic (exact) mass is 373 g/mol. The quantitative estimate of drug-likeness (QED) is 0.813. The fourth-order valence-corrected chi connectivity index (χ4v) is 2.63. The Labute approximate surface area is 139 Å². The number of carbonyl (C=O) groups is 1. The van der Waals surface area contributed by atoms with Gasteiger partial charge in [0.25, 0.3) is 0 Å². The van der Waals surface area contributed by atoms with Crippen LogP contribution in [-0.2, 0) is 23.1 Å². The first-order valence-corrected chi connectivity index (χ1v) is 8.23. The molecule has 0 radical (unpaired) electrons. The summed E-state index contributed by atoms with van der Waals surface area (Å²) in [4.78, 5) is 13.7. The Morgan fingerprint density at radius 2 is 2.09 bits per heavy atom. The van der Waals surface area contributed by atoms with Crippen LogP contribution in [0.2, 0.25) is 0 Å². The molecule has 1 saturated heterocycles. The van der Waals surface area contributed by atoms with E-state index in [2.05, 4.69) is 28.0 Å². The lowest BCUT2D eigenvalue weighted by molar-refractivity contribution is -0.148. The Hall–Kier alpha value is -1.08. The van der Waals surface area contributed by atoms with Crippen molar-refractivity contribution in [1.82, 2.24) is 14.7 Å². The lowest BCUT2D eigenvalue weighted by atomic mass is 9.91. The first-order valence-electron chi connectivity index (χ1n) is 7.44. The third kappa shape index (κ3) is 3.81. The molecule has 1 aliphatic rings. The molecule has 124 valence electrons. The Morgan fingerprint density at radius 3 is 2.55 bits per heavy atom. The highest BCUT2D eigenvalue weighted by molar-refractivity contribution is 9.10. The van der Waals surface area contributed by atoms with Gasteiger partial charge >= 0.3 is 6.09 Å². The number of aromatic nitrogens is 2. The maximum absolute atomic E-state index is 12.0. The minimum Gasteiger partial charge on any atom is -0.444 e. The average Bonchev–Trinajstić information content (AvgIpc) is 2.67. The molecule has 0 bridgehead atoms. The average molecular weight is 374 g/mol. The summed E-state index contributed by atoms with van der Waals surface area (Å²) in [6.45, 7) is 9.29. The van der Waals surface area contributed by atoms with E-state index in [0.717, 1.165) is 16.6 Å². The third-order valence-electron chi connectivity index (χ3n) is 3.72. The van der Waals surface area contributed by atoms with Gasteiger partial charge in [-0.1, -0.05) is 6.92 Å². The second-order valence-corrected chi connectivity index (χ2v) is 7.50. The van der Waals surface area contributed by atoms with Crippen molar-refractivity contribution in [2.24, 2.45) is 7.05 Å². The molecule has 7 heteroatoms. The van der Waals surface area contributed by atoms with Crippen molar-refractivity contribution in [2.45, 2.75) is 51.9 Å². The fourth-order valence-electron chi connectivity index (χ4n) is 2.32. The highest BCUT2D eigenvalue weighted by Gasteiger charge is 2.46. The fraction of sp³-hybridized carbons (Fsp3) is 0.733. The van der Waals surface area contributed by atoms with Crippen LogP contribution in [0.1, 0.15) is 39.7 Å². The van der Waals surface area contributed by atoms with Crippen LogP contribution in [0.15, 0.2) is 10.8 Å². The summed E-state index contributed by atoms with van der Waals surface area (Å²) >= 11 is 3.48. The van der Waals surface area contributed by atoms with Crippen LogP contribution in [0.25, 0.3) is 0 Å². The smallest absolute Gasteiger partial charge is 0.410 e. The van der Waals surface area contributed by atoms with Gasteiger partial charge in [0.1, 0.15) is 15.8 Å². The van der Waals surface area contributed by atoms with E-state index < -0.39 is 5.60 Å². The van der Waals surface area contributed by atoms with Crippen molar-refractivity contribution in [2.75, 3.05) is 13.1 Å². The number of halogens is 1. The molecule has 2 rings (SSSR count). The van der Waals surface area contributed by atoms with Crippen LogP contribution in [0.4, 0.5) is 4.79 Å². The standard InChI is InChI=1S/C15H24BrN3O3/c1-6-15(21-8-11-7-17-18(5)12(11)16)9-19(10-15)13(20)22-14(2,3)4/h7H,6,8-10H2,1-5H3. The molecule has 0 aliphatic carbocycles. The molecule has 1 aliphatic heterocycles. The summed E-state index contributed by atoms with van der Waals surface area (Å²) in [6.07, 6.45) is 2.37. The predicted molar refractivity (Wildman–Crippen MR) is 86.5 cm³/mol. The number of nitrogens with zero attached hydrogens (tertiary/aromatic N) is 3. The van der Waals surface area contributed by atoms with Gasteiger partial charge in [0.2, 0.25) is 0 Å². The number of rotatable bonds is 4.